The highest BCUT2D eigenvalue weighted by molar-refractivity contribution is 5.78. The maximum Gasteiger partial charge on any atom is 0.236 e. The van der Waals surface area contributed by atoms with E-state index in [1.54, 1.807) is 0 Å². The fourth-order valence-electron chi connectivity index (χ4n) is 2.57. The van der Waals surface area contributed by atoms with Gasteiger partial charge in [0, 0.05) is 20.1 Å². The number of nitrogens with one attached hydrogen (secondary N) is 1. The van der Waals surface area contributed by atoms with Crippen molar-refractivity contribution in [3.05, 3.63) is 30.1 Å². The third kappa shape index (κ3) is 3.24. The van der Waals surface area contributed by atoms with Gasteiger partial charge in [-0.25, -0.2) is 4.98 Å². The number of para-hydroxylation sites is 2. The highest BCUT2D eigenvalue weighted by atomic mass is 16.2. The monoisotopic (exact) mass is 288 g/mol. The number of hydrogen-bond donors (Lipinski definition) is 1. The summed E-state index contributed by atoms with van der Waals surface area (Å²) >= 11 is 0. The number of imidazole rings is 1. The molecule has 114 valence electrons. The van der Waals surface area contributed by atoms with Crippen molar-refractivity contribution in [1.82, 2.24) is 19.8 Å². The molecule has 0 radical (unpaired) electrons. The number of hydrogen-bond acceptors (Lipinski definition) is 3. The van der Waals surface area contributed by atoms with Gasteiger partial charge in [0.05, 0.1) is 23.6 Å². The number of likely N-dealkylation sites (N-methyl/N-ethyl adjacent to an activating group) is 1. The Morgan fingerprint density at radius 3 is 2.62 bits per heavy atom. The second-order valence-corrected chi connectivity index (χ2v) is 5.19. The summed E-state index contributed by atoms with van der Waals surface area (Å²) in [6, 6.07) is 8.09. The summed E-state index contributed by atoms with van der Waals surface area (Å²) in [5.74, 6) is 1.08. The number of carbonyl (C=O) groups is 1. The second-order valence-electron chi connectivity index (χ2n) is 5.19. The molecule has 1 aromatic heterocycles. The maximum atomic E-state index is 12.0. The molecule has 0 aliphatic carbocycles. The van der Waals surface area contributed by atoms with Crippen molar-refractivity contribution in [2.45, 2.75) is 26.8 Å². The smallest absolute Gasteiger partial charge is 0.236 e. The number of amides is 1. The molecule has 0 aliphatic heterocycles. The first-order valence-electron chi connectivity index (χ1n) is 7.51. The van der Waals surface area contributed by atoms with Crippen LogP contribution < -0.4 is 5.32 Å². The molecule has 5 nitrogen and oxygen atoms in total. The lowest BCUT2D eigenvalue weighted by Gasteiger charge is -2.20. The number of aryl methyl sites for hydroxylation is 1. The third-order valence-corrected chi connectivity index (χ3v) is 3.88. The minimum atomic E-state index is 0.0295. The standard InChI is InChI=1S/C16H24N4O/c1-5-20(6-2)15(21)11-17-12(3)16-18-13-9-7-8-10-14(13)19(16)4/h7-10,12,17H,5-6,11H2,1-4H3. The van der Waals surface area contributed by atoms with Crippen LogP contribution in [0.4, 0.5) is 0 Å². The predicted octanol–water partition coefficient (Wildman–Crippen LogP) is 2.09. The van der Waals surface area contributed by atoms with Crippen molar-refractivity contribution in [3.63, 3.8) is 0 Å². The molecule has 0 fully saturated rings. The quantitative estimate of drug-likeness (QED) is 0.885. The Kier molecular flexibility index (Phi) is 4.96. The first-order valence-corrected chi connectivity index (χ1v) is 7.51. The Morgan fingerprint density at radius 2 is 2.00 bits per heavy atom. The number of aromatic nitrogens is 2. The summed E-state index contributed by atoms with van der Waals surface area (Å²) in [7, 11) is 2.01. The maximum absolute atomic E-state index is 12.0. The van der Waals surface area contributed by atoms with Gasteiger partial charge in [0.2, 0.25) is 5.91 Å². The van der Waals surface area contributed by atoms with E-state index in [4.69, 9.17) is 0 Å². The van der Waals surface area contributed by atoms with Crippen molar-refractivity contribution in [2.24, 2.45) is 7.05 Å². The van der Waals surface area contributed by atoms with Crippen LogP contribution in [0.25, 0.3) is 11.0 Å². The SMILES string of the molecule is CCN(CC)C(=O)CNC(C)c1nc2ccccc2n1C. The second kappa shape index (κ2) is 6.72. The van der Waals surface area contributed by atoms with E-state index in [9.17, 15) is 4.79 Å². The Balaban J connectivity index is 2.07. The molecule has 0 aliphatic rings. The normalized spacial score (nSPS) is 12.6. The zero-order valence-electron chi connectivity index (χ0n) is 13.3. The highest BCUT2D eigenvalue weighted by Crippen LogP contribution is 2.18. The van der Waals surface area contributed by atoms with Gasteiger partial charge in [-0.15, -0.1) is 0 Å². The van der Waals surface area contributed by atoms with Crippen LogP contribution in [-0.2, 0) is 11.8 Å². The van der Waals surface area contributed by atoms with Gasteiger partial charge in [-0.1, -0.05) is 12.1 Å². The average molecular weight is 288 g/mol. The molecular weight excluding hydrogens is 264 g/mol. The van der Waals surface area contributed by atoms with E-state index in [-0.39, 0.29) is 11.9 Å². The van der Waals surface area contributed by atoms with E-state index < -0.39 is 0 Å². The third-order valence-electron chi connectivity index (χ3n) is 3.88. The van der Waals surface area contributed by atoms with Gasteiger partial charge in [-0.2, -0.15) is 0 Å². The van der Waals surface area contributed by atoms with E-state index in [1.165, 1.54) is 0 Å². The number of nitrogens with zero attached hydrogens (tertiary/aromatic N) is 3. The van der Waals surface area contributed by atoms with Gasteiger partial charge in [0.15, 0.2) is 0 Å². The number of benzene rings is 1. The topological polar surface area (TPSA) is 50.2 Å². The lowest BCUT2D eigenvalue weighted by molar-refractivity contribution is -0.130. The summed E-state index contributed by atoms with van der Waals surface area (Å²) in [5.41, 5.74) is 2.09. The minimum absolute atomic E-state index is 0.0295. The van der Waals surface area contributed by atoms with Gasteiger partial charge in [0.25, 0.3) is 0 Å². The van der Waals surface area contributed by atoms with Gasteiger partial charge in [0.1, 0.15) is 5.82 Å². The van der Waals surface area contributed by atoms with Gasteiger partial charge in [-0.3, -0.25) is 10.1 Å². The van der Waals surface area contributed by atoms with Crippen molar-refractivity contribution in [3.8, 4) is 0 Å². The summed E-state index contributed by atoms with van der Waals surface area (Å²) in [6.45, 7) is 7.87. The van der Waals surface area contributed by atoms with Crippen molar-refractivity contribution < 1.29 is 4.79 Å². The zero-order valence-corrected chi connectivity index (χ0v) is 13.3. The summed E-state index contributed by atoms with van der Waals surface area (Å²) in [6.07, 6.45) is 0. The molecular formula is C16H24N4O. The average Bonchev–Trinajstić information content (AvgIpc) is 2.84. The first-order chi connectivity index (χ1) is 10.1. The molecule has 1 atom stereocenters. The Bertz CT molecular complexity index is 616. The highest BCUT2D eigenvalue weighted by Gasteiger charge is 2.16. The molecule has 0 spiro atoms. The molecule has 2 rings (SSSR count). The predicted molar refractivity (Wildman–Crippen MR) is 85.1 cm³/mol. The number of carbonyl (C=O) groups excluding carboxylic acids is 1. The van der Waals surface area contributed by atoms with Crippen LogP contribution in [0.2, 0.25) is 0 Å². The molecule has 1 N–H and O–H groups in total. The van der Waals surface area contributed by atoms with Gasteiger partial charge < -0.3 is 9.47 Å². The molecule has 1 amide bonds. The van der Waals surface area contributed by atoms with E-state index in [0.717, 1.165) is 29.9 Å². The van der Waals surface area contributed by atoms with Crippen LogP contribution in [0.5, 0.6) is 0 Å². The molecule has 1 heterocycles. The lowest BCUT2D eigenvalue weighted by Crippen LogP contribution is -2.39. The lowest BCUT2D eigenvalue weighted by atomic mass is 10.3. The number of fused-ring (bicyclic) bond motifs is 1. The zero-order chi connectivity index (χ0) is 15.4. The van der Waals surface area contributed by atoms with Crippen molar-refractivity contribution in [2.75, 3.05) is 19.6 Å². The fourth-order valence-corrected chi connectivity index (χ4v) is 2.57. The van der Waals surface area contributed by atoms with Crippen LogP contribution in [0.3, 0.4) is 0 Å². The molecule has 0 saturated carbocycles. The summed E-state index contributed by atoms with van der Waals surface area (Å²) in [5, 5.41) is 3.28. The largest absolute Gasteiger partial charge is 0.342 e. The Labute approximate surface area is 126 Å². The van der Waals surface area contributed by atoms with Crippen LogP contribution >= 0.6 is 0 Å². The van der Waals surface area contributed by atoms with E-state index in [0.29, 0.717) is 6.54 Å². The molecule has 21 heavy (non-hydrogen) atoms. The van der Waals surface area contributed by atoms with Crippen LogP contribution in [-0.4, -0.2) is 40.0 Å². The molecule has 1 aromatic carbocycles. The van der Waals surface area contributed by atoms with Crippen LogP contribution in [0, 0.1) is 0 Å². The molecule has 5 heteroatoms. The van der Waals surface area contributed by atoms with Crippen molar-refractivity contribution >= 4 is 16.9 Å². The minimum Gasteiger partial charge on any atom is -0.342 e. The van der Waals surface area contributed by atoms with Crippen LogP contribution in [0.15, 0.2) is 24.3 Å². The summed E-state index contributed by atoms with van der Waals surface area (Å²) < 4.78 is 2.08. The fraction of sp³-hybridized carbons (Fsp3) is 0.500. The van der Waals surface area contributed by atoms with Crippen LogP contribution in [0.1, 0.15) is 32.6 Å². The first kappa shape index (κ1) is 15.5. The number of rotatable bonds is 6. The Hall–Kier alpha value is -1.88. The molecule has 2 aromatic rings. The van der Waals surface area contributed by atoms with E-state index >= 15 is 0 Å². The summed E-state index contributed by atoms with van der Waals surface area (Å²) in [4.78, 5) is 18.5. The molecule has 0 bridgehead atoms. The van der Waals surface area contributed by atoms with Crippen molar-refractivity contribution in [1.29, 1.82) is 0 Å². The van der Waals surface area contributed by atoms with E-state index in [1.807, 2.05) is 50.9 Å². The Morgan fingerprint density at radius 1 is 1.33 bits per heavy atom. The van der Waals surface area contributed by atoms with Gasteiger partial charge >= 0.3 is 0 Å². The molecule has 1 unspecified atom stereocenters. The molecule has 0 saturated heterocycles. The van der Waals surface area contributed by atoms with E-state index in [2.05, 4.69) is 20.9 Å². The van der Waals surface area contributed by atoms with Gasteiger partial charge in [-0.05, 0) is 32.9 Å².